The van der Waals surface area contributed by atoms with Gasteiger partial charge in [-0.15, -0.1) is 11.3 Å². The van der Waals surface area contributed by atoms with Gasteiger partial charge in [0.2, 0.25) is 0 Å². The van der Waals surface area contributed by atoms with Gasteiger partial charge in [-0.1, -0.05) is 25.3 Å². The molecule has 1 aliphatic carbocycles. The number of hydrogen-bond donors (Lipinski definition) is 1. The molecular weight excluding hydrogens is 218 g/mol. The molecule has 0 atom stereocenters. The maximum Gasteiger partial charge on any atom is 0.174 e. The van der Waals surface area contributed by atoms with Gasteiger partial charge in [-0.25, -0.2) is 0 Å². The number of carbonyl (C=O) groups is 1. The van der Waals surface area contributed by atoms with Crippen LogP contribution in [0.15, 0.2) is 17.5 Å². The van der Waals surface area contributed by atoms with Crippen molar-refractivity contribution in [1.29, 1.82) is 0 Å². The van der Waals surface area contributed by atoms with Crippen LogP contribution in [0.5, 0.6) is 0 Å². The Morgan fingerprint density at radius 1 is 1.38 bits per heavy atom. The lowest BCUT2D eigenvalue weighted by Crippen LogP contribution is -2.32. The Bertz CT molecular complexity index is 315. The Morgan fingerprint density at radius 2 is 2.19 bits per heavy atom. The zero-order valence-corrected chi connectivity index (χ0v) is 10.4. The first kappa shape index (κ1) is 11.8. The predicted molar refractivity (Wildman–Crippen MR) is 68.1 cm³/mol. The van der Waals surface area contributed by atoms with Gasteiger partial charge in [0.05, 0.1) is 4.88 Å². The Hall–Kier alpha value is -0.670. The molecule has 1 fully saturated rings. The highest BCUT2D eigenvalue weighted by molar-refractivity contribution is 7.12. The van der Waals surface area contributed by atoms with Gasteiger partial charge in [-0.05, 0) is 24.3 Å². The number of Topliss-reactive ketones (excluding diaryl/α,β-unsaturated/α-hetero) is 1. The van der Waals surface area contributed by atoms with Crippen molar-refractivity contribution in [2.45, 2.75) is 44.6 Å². The van der Waals surface area contributed by atoms with Crippen LogP contribution in [-0.2, 0) is 0 Å². The summed E-state index contributed by atoms with van der Waals surface area (Å²) in [7, 11) is 0. The van der Waals surface area contributed by atoms with Crippen LogP contribution in [-0.4, -0.2) is 18.4 Å². The smallest absolute Gasteiger partial charge is 0.174 e. The SMILES string of the molecule is O=C(CCNC1CCCCC1)c1cccs1. The molecule has 1 saturated carbocycles. The first-order valence-corrected chi connectivity index (χ1v) is 7.04. The Morgan fingerprint density at radius 3 is 2.88 bits per heavy atom. The van der Waals surface area contributed by atoms with Crippen molar-refractivity contribution >= 4 is 17.1 Å². The zero-order valence-electron chi connectivity index (χ0n) is 9.58. The molecule has 0 unspecified atom stereocenters. The van der Waals surface area contributed by atoms with Gasteiger partial charge < -0.3 is 5.32 Å². The first-order valence-electron chi connectivity index (χ1n) is 6.16. The minimum atomic E-state index is 0.276. The third-order valence-electron chi connectivity index (χ3n) is 3.19. The summed E-state index contributed by atoms with van der Waals surface area (Å²) in [6.07, 6.45) is 7.27. The van der Waals surface area contributed by atoms with Crippen molar-refractivity contribution in [3.8, 4) is 0 Å². The van der Waals surface area contributed by atoms with E-state index in [9.17, 15) is 4.79 Å². The van der Waals surface area contributed by atoms with Gasteiger partial charge in [-0.2, -0.15) is 0 Å². The summed E-state index contributed by atoms with van der Waals surface area (Å²) >= 11 is 1.54. The van der Waals surface area contributed by atoms with Crippen molar-refractivity contribution in [3.63, 3.8) is 0 Å². The summed E-state index contributed by atoms with van der Waals surface area (Å²) in [4.78, 5) is 12.6. The number of carbonyl (C=O) groups excluding carboxylic acids is 1. The minimum Gasteiger partial charge on any atom is -0.314 e. The van der Waals surface area contributed by atoms with E-state index in [1.807, 2.05) is 17.5 Å². The molecule has 0 amide bonds. The van der Waals surface area contributed by atoms with E-state index >= 15 is 0 Å². The van der Waals surface area contributed by atoms with Crippen molar-refractivity contribution in [2.75, 3.05) is 6.54 Å². The number of hydrogen-bond acceptors (Lipinski definition) is 3. The normalized spacial score (nSPS) is 17.5. The molecule has 0 bridgehead atoms. The van der Waals surface area contributed by atoms with Gasteiger partial charge >= 0.3 is 0 Å². The minimum absolute atomic E-state index is 0.276. The quantitative estimate of drug-likeness (QED) is 0.797. The third-order valence-corrected chi connectivity index (χ3v) is 4.10. The molecule has 0 spiro atoms. The van der Waals surface area contributed by atoms with Gasteiger partial charge in [0.1, 0.15) is 0 Å². The van der Waals surface area contributed by atoms with E-state index in [0.29, 0.717) is 12.5 Å². The highest BCUT2D eigenvalue weighted by atomic mass is 32.1. The van der Waals surface area contributed by atoms with E-state index in [-0.39, 0.29) is 5.78 Å². The Labute approximate surface area is 101 Å². The van der Waals surface area contributed by atoms with Gasteiger partial charge in [0.15, 0.2) is 5.78 Å². The van der Waals surface area contributed by atoms with E-state index in [4.69, 9.17) is 0 Å². The summed E-state index contributed by atoms with van der Waals surface area (Å²) in [6.45, 7) is 0.835. The Balaban J connectivity index is 1.66. The summed E-state index contributed by atoms with van der Waals surface area (Å²) < 4.78 is 0. The van der Waals surface area contributed by atoms with Crippen LogP contribution in [0, 0.1) is 0 Å². The topological polar surface area (TPSA) is 29.1 Å². The molecule has 16 heavy (non-hydrogen) atoms. The molecule has 2 nitrogen and oxygen atoms in total. The summed E-state index contributed by atoms with van der Waals surface area (Å²) in [6, 6.07) is 4.50. The summed E-state index contributed by atoms with van der Waals surface area (Å²) in [5.41, 5.74) is 0. The fourth-order valence-corrected chi connectivity index (χ4v) is 2.95. The second-order valence-electron chi connectivity index (χ2n) is 4.44. The van der Waals surface area contributed by atoms with E-state index in [1.165, 1.54) is 43.4 Å². The monoisotopic (exact) mass is 237 g/mol. The van der Waals surface area contributed by atoms with Crippen LogP contribution < -0.4 is 5.32 Å². The average molecular weight is 237 g/mol. The van der Waals surface area contributed by atoms with Crippen molar-refractivity contribution in [3.05, 3.63) is 22.4 Å². The molecule has 1 aliphatic rings. The predicted octanol–water partition coefficient (Wildman–Crippen LogP) is 3.24. The lowest BCUT2D eigenvalue weighted by molar-refractivity contribution is 0.0985. The van der Waals surface area contributed by atoms with Gasteiger partial charge in [0, 0.05) is 19.0 Å². The van der Waals surface area contributed by atoms with Crippen molar-refractivity contribution in [1.82, 2.24) is 5.32 Å². The number of rotatable bonds is 5. The molecule has 0 saturated heterocycles. The lowest BCUT2D eigenvalue weighted by atomic mass is 9.95. The number of thiophene rings is 1. The van der Waals surface area contributed by atoms with Crippen molar-refractivity contribution in [2.24, 2.45) is 0 Å². The molecule has 2 rings (SSSR count). The molecule has 3 heteroatoms. The van der Waals surface area contributed by atoms with Crippen LogP contribution in [0.1, 0.15) is 48.2 Å². The van der Waals surface area contributed by atoms with Gasteiger partial charge in [0.25, 0.3) is 0 Å². The third kappa shape index (κ3) is 3.42. The largest absolute Gasteiger partial charge is 0.314 e. The van der Waals surface area contributed by atoms with Crippen LogP contribution in [0.2, 0.25) is 0 Å². The summed E-state index contributed by atoms with van der Waals surface area (Å²) in [5.74, 6) is 0.276. The molecule has 1 aromatic rings. The van der Waals surface area contributed by atoms with Crippen molar-refractivity contribution < 1.29 is 4.79 Å². The number of ketones is 1. The highest BCUT2D eigenvalue weighted by Gasteiger charge is 2.13. The zero-order chi connectivity index (χ0) is 11.2. The molecule has 0 aliphatic heterocycles. The van der Waals surface area contributed by atoms with Crippen LogP contribution in [0.4, 0.5) is 0 Å². The maximum absolute atomic E-state index is 11.7. The first-order chi connectivity index (χ1) is 7.86. The lowest BCUT2D eigenvalue weighted by Gasteiger charge is -2.22. The highest BCUT2D eigenvalue weighted by Crippen LogP contribution is 2.17. The van der Waals surface area contributed by atoms with E-state index in [1.54, 1.807) is 0 Å². The van der Waals surface area contributed by atoms with Gasteiger partial charge in [-0.3, -0.25) is 4.79 Å². The molecular formula is C13H19NOS. The molecule has 1 aromatic heterocycles. The molecule has 0 radical (unpaired) electrons. The van der Waals surface area contributed by atoms with E-state index in [0.717, 1.165) is 11.4 Å². The fourth-order valence-electron chi connectivity index (χ4n) is 2.26. The van der Waals surface area contributed by atoms with Crippen LogP contribution in [0.3, 0.4) is 0 Å². The molecule has 0 aromatic carbocycles. The average Bonchev–Trinajstić information content (AvgIpc) is 2.84. The van der Waals surface area contributed by atoms with E-state index in [2.05, 4.69) is 5.32 Å². The van der Waals surface area contributed by atoms with Crippen LogP contribution >= 0.6 is 11.3 Å². The molecule has 1 heterocycles. The fraction of sp³-hybridized carbons (Fsp3) is 0.615. The molecule has 1 N–H and O–H groups in total. The second kappa shape index (κ2) is 6.16. The van der Waals surface area contributed by atoms with E-state index < -0.39 is 0 Å². The second-order valence-corrected chi connectivity index (χ2v) is 5.39. The van der Waals surface area contributed by atoms with Crippen LogP contribution in [0.25, 0.3) is 0 Å². The standard InChI is InChI=1S/C13H19NOS/c15-12(13-7-4-10-16-13)8-9-14-11-5-2-1-3-6-11/h4,7,10-11,14H,1-3,5-6,8-9H2. The maximum atomic E-state index is 11.7. The summed E-state index contributed by atoms with van der Waals surface area (Å²) in [5, 5.41) is 5.46. The Kier molecular flexibility index (Phi) is 4.55. The number of nitrogens with one attached hydrogen (secondary N) is 1. The molecule has 88 valence electrons.